The Morgan fingerprint density at radius 2 is 2.00 bits per heavy atom. The Bertz CT molecular complexity index is 394. The van der Waals surface area contributed by atoms with Gasteiger partial charge in [0.25, 0.3) is 0 Å². The number of nitrogens with zero attached hydrogens (tertiary/aromatic N) is 1. The molecule has 5 nitrogen and oxygen atoms in total. The van der Waals surface area contributed by atoms with Gasteiger partial charge in [0.15, 0.2) is 0 Å². The summed E-state index contributed by atoms with van der Waals surface area (Å²) in [4.78, 5) is 20.1. The number of benzene rings is 1. The molecule has 0 unspecified atom stereocenters. The zero-order chi connectivity index (χ0) is 11.3. The van der Waals surface area contributed by atoms with E-state index in [9.17, 15) is 14.9 Å². The number of ether oxygens (including phenoxy) is 1. The number of hydrogen-bond donors (Lipinski definition) is 0. The van der Waals surface area contributed by atoms with Gasteiger partial charge in [0.2, 0.25) is 6.20 Å². The van der Waals surface area contributed by atoms with Crippen molar-refractivity contribution in [2.45, 2.75) is 6.92 Å². The molecule has 0 saturated carbocycles. The molecule has 1 aromatic rings. The van der Waals surface area contributed by atoms with E-state index in [0.717, 1.165) is 6.20 Å². The maximum Gasteiger partial charge on any atom is 0.308 e. The molecule has 0 aliphatic carbocycles. The average Bonchev–Trinajstić information content (AvgIpc) is 2.16. The van der Waals surface area contributed by atoms with Gasteiger partial charge in [-0.25, -0.2) is 0 Å². The smallest absolute Gasteiger partial charge is 0.308 e. The molecule has 1 rings (SSSR count). The largest absolute Gasteiger partial charge is 0.427 e. The van der Waals surface area contributed by atoms with E-state index in [1.807, 2.05) is 0 Å². The summed E-state index contributed by atoms with van der Waals surface area (Å²) in [6.45, 7) is 1.31. The van der Waals surface area contributed by atoms with E-state index in [1.54, 1.807) is 24.3 Å². The van der Waals surface area contributed by atoms with Crippen molar-refractivity contribution in [3.05, 3.63) is 46.1 Å². The Hall–Kier alpha value is -2.17. The molecule has 15 heavy (non-hydrogen) atoms. The van der Waals surface area contributed by atoms with Gasteiger partial charge in [-0.15, -0.1) is 0 Å². The van der Waals surface area contributed by atoms with E-state index in [2.05, 4.69) is 0 Å². The van der Waals surface area contributed by atoms with Gasteiger partial charge in [-0.05, 0) is 17.7 Å². The van der Waals surface area contributed by atoms with Crippen LogP contribution in [0.25, 0.3) is 6.08 Å². The van der Waals surface area contributed by atoms with E-state index in [-0.39, 0.29) is 0 Å². The van der Waals surface area contributed by atoms with Crippen LogP contribution < -0.4 is 4.74 Å². The summed E-state index contributed by atoms with van der Waals surface area (Å²) in [7, 11) is 0. The lowest BCUT2D eigenvalue weighted by Crippen LogP contribution is -2.00. The molecular weight excluding hydrogens is 198 g/mol. The molecule has 5 heteroatoms. The molecule has 0 aliphatic heterocycles. The Morgan fingerprint density at radius 3 is 2.47 bits per heavy atom. The van der Waals surface area contributed by atoms with Crippen molar-refractivity contribution < 1.29 is 14.5 Å². The van der Waals surface area contributed by atoms with Crippen LogP contribution in [0.2, 0.25) is 0 Å². The molecule has 0 amide bonds. The molecule has 0 aromatic heterocycles. The molecule has 0 heterocycles. The summed E-state index contributed by atoms with van der Waals surface area (Å²) < 4.78 is 4.80. The van der Waals surface area contributed by atoms with Gasteiger partial charge in [-0.2, -0.15) is 0 Å². The minimum absolute atomic E-state index is 0.399. The fourth-order valence-corrected chi connectivity index (χ4v) is 0.960. The van der Waals surface area contributed by atoms with Crippen molar-refractivity contribution in [3.8, 4) is 5.75 Å². The highest BCUT2D eigenvalue weighted by Crippen LogP contribution is 2.13. The summed E-state index contributed by atoms with van der Waals surface area (Å²) in [6, 6.07) is 6.39. The molecule has 0 N–H and O–H groups in total. The number of hydrogen-bond acceptors (Lipinski definition) is 4. The highest BCUT2D eigenvalue weighted by molar-refractivity contribution is 5.69. The molecule has 0 fully saturated rings. The molecule has 0 aliphatic rings. The third-order valence-electron chi connectivity index (χ3n) is 1.53. The van der Waals surface area contributed by atoms with Crippen molar-refractivity contribution in [1.29, 1.82) is 0 Å². The Balaban J connectivity index is 2.72. The molecule has 0 bridgehead atoms. The first-order valence-electron chi connectivity index (χ1n) is 4.18. The van der Waals surface area contributed by atoms with Crippen molar-refractivity contribution in [2.24, 2.45) is 0 Å². The molecule has 0 spiro atoms. The number of carbonyl (C=O) groups excluding carboxylic acids is 1. The van der Waals surface area contributed by atoms with Crippen LogP contribution in [0.15, 0.2) is 30.5 Å². The summed E-state index contributed by atoms with van der Waals surface area (Å²) in [6.07, 6.45) is 2.21. The first kappa shape index (κ1) is 10.9. The summed E-state index contributed by atoms with van der Waals surface area (Å²) in [5.74, 6) is 0.0179. The third kappa shape index (κ3) is 4.04. The van der Waals surface area contributed by atoms with Crippen LogP contribution in [-0.2, 0) is 4.79 Å². The first-order valence-corrected chi connectivity index (χ1v) is 4.18. The fraction of sp³-hybridized carbons (Fsp3) is 0.100. The van der Waals surface area contributed by atoms with Gasteiger partial charge in [-0.3, -0.25) is 14.9 Å². The lowest BCUT2D eigenvalue weighted by molar-refractivity contribution is -0.400. The van der Waals surface area contributed by atoms with Crippen LogP contribution in [0.3, 0.4) is 0 Å². The first-order chi connectivity index (χ1) is 7.08. The zero-order valence-corrected chi connectivity index (χ0v) is 8.04. The molecule has 0 saturated heterocycles. The minimum Gasteiger partial charge on any atom is -0.427 e. The second-order valence-corrected chi connectivity index (χ2v) is 2.76. The number of nitro groups is 1. The fourth-order valence-electron chi connectivity index (χ4n) is 0.960. The standard InChI is InChI=1S/C10H9NO4/c1-8(12)15-10-4-2-9(3-5-10)6-7-11(13)14/h2-7H,1H3. The van der Waals surface area contributed by atoms with Crippen LogP contribution in [-0.4, -0.2) is 10.9 Å². The van der Waals surface area contributed by atoms with E-state index >= 15 is 0 Å². The van der Waals surface area contributed by atoms with Gasteiger partial charge >= 0.3 is 5.97 Å². The predicted octanol–water partition coefficient (Wildman–Crippen LogP) is 1.86. The number of rotatable bonds is 3. The average molecular weight is 207 g/mol. The van der Waals surface area contributed by atoms with Gasteiger partial charge in [0, 0.05) is 13.0 Å². The van der Waals surface area contributed by atoms with E-state index in [4.69, 9.17) is 4.74 Å². The molecular formula is C10H9NO4. The maximum atomic E-state index is 10.6. The van der Waals surface area contributed by atoms with Crippen LogP contribution in [0.4, 0.5) is 0 Å². The SMILES string of the molecule is CC(=O)Oc1ccc(C=C[N+](=O)[O-])cc1. The number of carbonyl (C=O) groups is 1. The quantitative estimate of drug-likeness (QED) is 0.328. The van der Waals surface area contributed by atoms with Gasteiger partial charge in [0.1, 0.15) is 5.75 Å². The van der Waals surface area contributed by atoms with E-state index < -0.39 is 10.9 Å². The second-order valence-electron chi connectivity index (χ2n) is 2.76. The van der Waals surface area contributed by atoms with Crippen LogP contribution >= 0.6 is 0 Å². The monoisotopic (exact) mass is 207 g/mol. The highest BCUT2D eigenvalue weighted by atomic mass is 16.6. The Labute approximate surface area is 86.1 Å². The van der Waals surface area contributed by atoms with Crippen molar-refractivity contribution >= 4 is 12.0 Å². The summed E-state index contributed by atoms with van der Waals surface area (Å²) in [5.41, 5.74) is 0.669. The number of esters is 1. The topological polar surface area (TPSA) is 69.4 Å². The van der Waals surface area contributed by atoms with E-state index in [0.29, 0.717) is 11.3 Å². The van der Waals surface area contributed by atoms with Gasteiger partial charge < -0.3 is 4.74 Å². The van der Waals surface area contributed by atoms with E-state index in [1.165, 1.54) is 13.0 Å². The van der Waals surface area contributed by atoms with Crippen molar-refractivity contribution in [2.75, 3.05) is 0 Å². The van der Waals surface area contributed by atoms with Gasteiger partial charge in [-0.1, -0.05) is 12.1 Å². The summed E-state index contributed by atoms with van der Waals surface area (Å²) >= 11 is 0. The van der Waals surface area contributed by atoms with Crippen LogP contribution in [0.1, 0.15) is 12.5 Å². The van der Waals surface area contributed by atoms with Crippen LogP contribution in [0.5, 0.6) is 5.75 Å². The molecule has 0 radical (unpaired) electrons. The zero-order valence-electron chi connectivity index (χ0n) is 8.04. The minimum atomic E-state index is -0.542. The van der Waals surface area contributed by atoms with Crippen molar-refractivity contribution in [3.63, 3.8) is 0 Å². The lowest BCUT2D eigenvalue weighted by Gasteiger charge is -1.99. The lowest BCUT2D eigenvalue weighted by atomic mass is 10.2. The van der Waals surface area contributed by atoms with Gasteiger partial charge in [0.05, 0.1) is 4.92 Å². The highest BCUT2D eigenvalue weighted by Gasteiger charge is 1.97. The normalized spacial score (nSPS) is 10.2. The molecule has 1 aromatic carbocycles. The molecule has 0 atom stereocenters. The van der Waals surface area contributed by atoms with Crippen molar-refractivity contribution in [1.82, 2.24) is 0 Å². The molecule has 78 valence electrons. The maximum absolute atomic E-state index is 10.6. The predicted molar refractivity (Wildman–Crippen MR) is 53.8 cm³/mol. The summed E-state index contributed by atoms with van der Waals surface area (Å²) in [5, 5.41) is 10.0. The van der Waals surface area contributed by atoms with Crippen LogP contribution in [0, 0.1) is 10.1 Å². The Morgan fingerprint density at radius 1 is 1.40 bits per heavy atom. The Kier molecular flexibility index (Phi) is 3.56. The second kappa shape index (κ2) is 4.90. The third-order valence-corrected chi connectivity index (χ3v) is 1.53.